The van der Waals surface area contributed by atoms with Crippen molar-refractivity contribution < 1.29 is 8.78 Å². The maximum atomic E-state index is 13.9. The van der Waals surface area contributed by atoms with Gasteiger partial charge in [-0.2, -0.15) is 8.75 Å². The van der Waals surface area contributed by atoms with Gasteiger partial charge in [0.25, 0.3) is 0 Å². The van der Waals surface area contributed by atoms with Crippen molar-refractivity contribution in [3.05, 3.63) is 193 Å². The van der Waals surface area contributed by atoms with Crippen molar-refractivity contribution in [3.8, 4) is 39.1 Å². The van der Waals surface area contributed by atoms with E-state index in [1.807, 2.05) is 24.3 Å². The fraction of sp³-hybridized carbons (Fsp3) is 0.143. The first-order valence-corrected chi connectivity index (χ1v) is 22.0. The minimum absolute atomic E-state index is 0.0337. The highest BCUT2D eigenvalue weighted by Crippen LogP contribution is 2.43. The number of nitrogens with zero attached hydrogens (tertiary/aromatic N) is 4. The molecule has 4 nitrogen and oxygen atoms in total. The van der Waals surface area contributed by atoms with E-state index in [1.54, 1.807) is 0 Å². The van der Waals surface area contributed by atoms with Gasteiger partial charge in [-0.25, -0.2) is 8.78 Å². The number of anilines is 3. The summed E-state index contributed by atoms with van der Waals surface area (Å²) in [5.74, 6) is -0.533. The minimum atomic E-state index is -0.266. The maximum Gasteiger partial charge on any atom is 0.129 e. The average molecular weight is 845 g/mol. The van der Waals surface area contributed by atoms with Gasteiger partial charge in [-0.3, -0.25) is 0 Å². The topological polar surface area (TPSA) is 34.0 Å². The zero-order valence-electron chi connectivity index (χ0n) is 36.1. The summed E-state index contributed by atoms with van der Waals surface area (Å²) in [5, 5.41) is 2.13. The van der Waals surface area contributed by atoms with Crippen LogP contribution in [0.4, 0.5) is 25.8 Å². The molecule has 0 amide bonds. The molecule has 0 saturated heterocycles. The number of benzene rings is 8. The Labute approximate surface area is 371 Å². The predicted molar refractivity (Wildman–Crippen MR) is 260 cm³/mol. The molecule has 2 heterocycles. The molecule has 0 aliphatic carbocycles. The van der Waals surface area contributed by atoms with E-state index in [4.69, 9.17) is 8.75 Å². The summed E-state index contributed by atoms with van der Waals surface area (Å²) in [7, 11) is 0. The molecule has 0 aliphatic heterocycles. The monoisotopic (exact) mass is 844 g/mol. The zero-order valence-corrected chi connectivity index (χ0v) is 36.9. The summed E-state index contributed by atoms with van der Waals surface area (Å²) >= 11 is 1.23. The van der Waals surface area contributed by atoms with Crippen molar-refractivity contribution in [1.82, 2.24) is 13.3 Å². The minimum Gasteiger partial charge on any atom is -0.309 e. The highest BCUT2D eigenvalue weighted by atomic mass is 32.1. The van der Waals surface area contributed by atoms with Gasteiger partial charge < -0.3 is 9.47 Å². The average Bonchev–Trinajstić information content (AvgIpc) is 3.90. The van der Waals surface area contributed by atoms with Gasteiger partial charge in [0.15, 0.2) is 0 Å². The van der Waals surface area contributed by atoms with Gasteiger partial charge in [-0.15, -0.1) is 0 Å². The van der Waals surface area contributed by atoms with E-state index >= 15 is 0 Å². The number of fused-ring (bicyclic) bond motifs is 4. The number of rotatable bonds is 7. The van der Waals surface area contributed by atoms with Gasteiger partial charge in [0.05, 0.1) is 28.4 Å². The fourth-order valence-electron chi connectivity index (χ4n) is 8.65. The SMILES string of the molecule is CC(C)(C)c1ccc(N(c2ccc(C(C)(C)C)cc2)c2ccc(-c3ccc(-n4c5ccc(-c6ccc(F)cc6)cc5c5cc(-c6ccc(F)cc6)ccc54)cc3)c3nsnc23)cc1. The molecule has 63 heavy (non-hydrogen) atoms. The molecule has 0 bridgehead atoms. The van der Waals surface area contributed by atoms with Crippen LogP contribution in [0.1, 0.15) is 52.7 Å². The summed E-state index contributed by atoms with van der Waals surface area (Å²) in [6.45, 7) is 13.4. The number of aromatic nitrogens is 3. The molecule has 0 fully saturated rings. The van der Waals surface area contributed by atoms with Crippen LogP contribution in [0.25, 0.3) is 71.9 Å². The Hall–Kier alpha value is -6.96. The van der Waals surface area contributed by atoms with Crippen LogP contribution in [0.3, 0.4) is 0 Å². The third kappa shape index (κ3) is 7.46. The summed E-state index contributed by atoms with van der Waals surface area (Å²) in [6, 6.07) is 56.8. The second-order valence-corrected chi connectivity index (χ2v) is 18.9. The van der Waals surface area contributed by atoms with E-state index in [9.17, 15) is 8.78 Å². The van der Waals surface area contributed by atoms with Gasteiger partial charge in [-0.05, 0) is 147 Å². The van der Waals surface area contributed by atoms with Crippen molar-refractivity contribution in [2.24, 2.45) is 0 Å². The first-order chi connectivity index (χ1) is 30.3. The molecule has 0 aliphatic rings. The van der Waals surface area contributed by atoms with Gasteiger partial charge >= 0.3 is 0 Å². The molecule has 0 atom stereocenters. The Balaban J connectivity index is 1.06. The molecule has 10 aromatic rings. The predicted octanol–water partition coefficient (Wildman–Crippen LogP) is 16.1. The normalized spacial score (nSPS) is 12.1. The van der Waals surface area contributed by atoms with Crippen LogP contribution in [0.15, 0.2) is 170 Å². The lowest BCUT2D eigenvalue weighted by Gasteiger charge is -2.28. The molecular weight excluding hydrogens is 799 g/mol. The first kappa shape index (κ1) is 40.1. The summed E-state index contributed by atoms with van der Waals surface area (Å²) in [4.78, 5) is 2.29. The second-order valence-electron chi connectivity index (χ2n) is 18.4. The Morgan fingerprint density at radius 2 is 0.873 bits per heavy atom. The second kappa shape index (κ2) is 15.4. The summed E-state index contributed by atoms with van der Waals surface area (Å²) < 4.78 is 39.9. The van der Waals surface area contributed by atoms with Gasteiger partial charge in [0.2, 0.25) is 0 Å². The number of hydrogen-bond donors (Lipinski definition) is 0. The van der Waals surface area contributed by atoms with E-state index in [0.717, 1.165) is 89.0 Å². The van der Waals surface area contributed by atoms with Crippen molar-refractivity contribution in [2.75, 3.05) is 4.90 Å². The van der Waals surface area contributed by atoms with Crippen LogP contribution in [0.5, 0.6) is 0 Å². The van der Waals surface area contributed by atoms with Crippen LogP contribution in [-0.4, -0.2) is 13.3 Å². The molecule has 0 saturated carbocycles. The molecule has 8 aromatic carbocycles. The van der Waals surface area contributed by atoms with E-state index in [-0.39, 0.29) is 22.5 Å². The summed E-state index contributed by atoms with van der Waals surface area (Å²) in [6.07, 6.45) is 0. The van der Waals surface area contributed by atoms with Crippen molar-refractivity contribution in [3.63, 3.8) is 0 Å². The molecule has 2 aromatic heterocycles. The molecule has 7 heteroatoms. The van der Waals surface area contributed by atoms with Crippen molar-refractivity contribution in [2.45, 2.75) is 52.4 Å². The summed E-state index contributed by atoms with van der Waals surface area (Å²) in [5.41, 5.74) is 16.4. The Morgan fingerprint density at radius 3 is 1.33 bits per heavy atom. The highest BCUT2D eigenvalue weighted by Gasteiger charge is 2.23. The quantitative estimate of drug-likeness (QED) is 0.160. The number of hydrogen-bond acceptors (Lipinski definition) is 4. The molecule has 0 spiro atoms. The Kier molecular flexibility index (Phi) is 9.83. The van der Waals surface area contributed by atoms with Crippen molar-refractivity contribution in [1.29, 1.82) is 0 Å². The van der Waals surface area contributed by atoms with E-state index < -0.39 is 0 Å². The largest absolute Gasteiger partial charge is 0.309 e. The van der Waals surface area contributed by atoms with Crippen molar-refractivity contribution >= 4 is 61.6 Å². The zero-order chi connectivity index (χ0) is 43.6. The van der Waals surface area contributed by atoms with Crippen LogP contribution >= 0.6 is 11.7 Å². The van der Waals surface area contributed by atoms with Gasteiger partial charge in [-0.1, -0.05) is 114 Å². The molecule has 0 N–H and O–H groups in total. The van der Waals surface area contributed by atoms with Crippen LogP contribution in [-0.2, 0) is 10.8 Å². The molecule has 0 radical (unpaired) electrons. The lowest BCUT2D eigenvalue weighted by atomic mass is 9.86. The lowest BCUT2D eigenvalue weighted by Crippen LogP contribution is -2.14. The molecular formula is C56H46F2N4S. The molecule has 10 rings (SSSR count). The highest BCUT2D eigenvalue weighted by molar-refractivity contribution is 7.00. The smallest absolute Gasteiger partial charge is 0.129 e. The van der Waals surface area contributed by atoms with E-state index in [2.05, 4.69) is 172 Å². The number of halogens is 2. The van der Waals surface area contributed by atoms with E-state index in [0.29, 0.717) is 0 Å². The van der Waals surface area contributed by atoms with E-state index in [1.165, 1.54) is 47.1 Å². The van der Waals surface area contributed by atoms with Gasteiger partial charge in [0.1, 0.15) is 22.7 Å². The Morgan fingerprint density at radius 1 is 0.444 bits per heavy atom. The Bertz CT molecular complexity index is 3120. The lowest BCUT2D eigenvalue weighted by molar-refractivity contribution is 0.590. The van der Waals surface area contributed by atoms with Gasteiger partial charge in [0, 0.05) is 33.4 Å². The van der Waals surface area contributed by atoms with Crippen LogP contribution in [0, 0.1) is 11.6 Å². The standard InChI is InChI=1S/C56H46F2N4S/c1-55(2,3)40-15-25-44(26-16-40)61(45-27-17-41(18-28-45)56(4,5)6)52-32-29-47(53-54(52)60-63-59-53)37-11-23-46(24-12-37)62-50-30-13-38(35-7-19-42(57)20-8-35)33-48(50)49-34-39(14-31-51(49)62)36-9-21-43(58)22-10-36/h7-34H,1-6H3. The first-order valence-electron chi connectivity index (χ1n) is 21.3. The maximum absolute atomic E-state index is 13.9. The molecule has 310 valence electrons. The third-order valence-electron chi connectivity index (χ3n) is 12.2. The van der Waals surface area contributed by atoms with Crippen LogP contribution < -0.4 is 4.90 Å². The third-order valence-corrected chi connectivity index (χ3v) is 12.7. The fourth-order valence-corrected chi connectivity index (χ4v) is 9.22. The van der Waals surface area contributed by atoms with Crippen LogP contribution in [0.2, 0.25) is 0 Å². The molecule has 0 unspecified atom stereocenters.